The van der Waals surface area contributed by atoms with Crippen molar-refractivity contribution < 1.29 is 9.59 Å². The third-order valence-corrected chi connectivity index (χ3v) is 8.20. The molecule has 0 aliphatic carbocycles. The highest BCUT2D eigenvalue weighted by atomic mass is 79.9. The van der Waals surface area contributed by atoms with Crippen LogP contribution in [0.5, 0.6) is 0 Å². The van der Waals surface area contributed by atoms with Crippen molar-refractivity contribution >= 4 is 45.1 Å². The maximum Gasteiger partial charge on any atom is 0.251 e. The van der Waals surface area contributed by atoms with Crippen LogP contribution < -0.4 is 10.6 Å². The fraction of sp³-hybridized carbons (Fsp3) is 0.241. The number of halogens is 1. The van der Waals surface area contributed by atoms with Crippen LogP contribution in [0.3, 0.4) is 0 Å². The number of aryl methyl sites for hydroxylation is 1. The van der Waals surface area contributed by atoms with Gasteiger partial charge in [0, 0.05) is 26.4 Å². The average molecular weight is 548 g/mol. The molecule has 0 aromatic heterocycles. The quantitative estimate of drug-likeness (QED) is 0.400. The molecular formula is C29H27BrN2O2S. The van der Waals surface area contributed by atoms with Gasteiger partial charge >= 0.3 is 0 Å². The zero-order valence-corrected chi connectivity index (χ0v) is 21.8. The van der Waals surface area contributed by atoms with E-state index in [1.165, 1.54) is 21.6 Å². The number of fused-ring (bicyclic) bond motifs is 2. The Morgan fingerprint density at radius 3 is 2.69 bits per heavy atom. The number of benzene rings is 3. The van der Waals surface area contributed by atoms with Gasteiger partial charge in [-0.2, -0.15) is 0 Å². The number of allylic oxidation sites excluding steroid dienone is 1. The van der Waals surface area contributed by atoms with E-state index >= 15 is 0 Å². The summed E-state index contributed by atoms with van der Waals surface area (Å²) in [5.41, 5.74) is 5.38. The Morgan fingerprint density at radius 2 is 1.83 bits per heavy atom. The van der Waals surface area contributed by atoms with Crippen LogP contribution >= 0.6 is 27.7 Å². The van der Waals surface area contributed by atoms with Gasteiger partial charge in [-0.15, -0.1) is 0 Å². The van der Waals surface area contributed by atoms with E-state index in [1.54, 1.807) is 11.8 Å². The molecule has 3 aromatic carbocycles. The van der Waals surface area contributed by atoms with Crippen molar-refractivity contribution in [3.8, 4) is 0 Å². The summed E-state index contributed by atoms with van der Waals surface area (Å²) < 4.78 is 1.06. The van der Waals surface area contributed by atoms with Gasteiger partial charge in [-0.05, 0) is 90.8 Å². The van der Waals surface area contributed by atoms with E-state index in [0.717, 1.165) is 40.6 Å². The van der Waals surface area contributed by atoms with Crippen molar-refractivity contribution in [2.75, 3.05) is 6.54 Å². The zero-order chi connectivity index (χ0) is 24.2. The Kier molecular flexibility index (Phi) is 7.40. The van der Waals surface area contributed by atoms with E-state index in [9.17, 15) is 9.59 Å². The summed E-state index contributed by atoms with van der Waals surface area (Å²) in [6.07, 6.45) is 6.56. The Bertz CT molecular complexity index is 1290. The first-order chi connectivity index (χ1) is 17.1. The van der Waals surface area contributed by atoms with Gasteiger partial charge in [-0.3, -0.25) is 9.59 Å². The van der Waals surface area contributed by atoms with Crippen LogP contribution in [0.25, 0.3) is 5.57 Å². The molecule has 0 bridgehead atoms. The fourth-order valence-electron chi connectivity index (χ4n) is 4.62. The maximum absolute atomic E-state index is 13.0. The zero-order valence-electron chi connectivity index (χ0n) is 19.4. The lowest BCUT2D eigenvalue weighted by Crippen LogP contribution is -2.45. The lowest BCUT2D eigenvalue weighted by Gasteiger charge is -2.16. The normalized spacial score (nSPS) is 19.4. The van der Waals surface area contributed by atoms with Gasteiger partial charge in [0.2, 0.25) is 5.91 Å². The Hall–Kier alpha value is -2.83. The number of amides is 2. The molecule has 2 N–H and O–H groups in total. The molecule has 2 heterocycles. The minimum absolute atomic E-state index is 0.0867. The van der Waals surface area contributed by atoms with E-state index in [1.807, 2.05) is 18.2 Å². The third-order valence-electron chi connectivity index (χ3n) is 6.48. The second kappa shape index (κ2) is 10.8. The number of nitrogens with one attached hydrogen (secondary N) is 2. The molecule has 0 saturated carbocycles. The molecule has 1 fully saturated rings. The van der Waals surface area contributed by atoms with Crippen LogP contribution in [0.4, 0.5) is 0 Å². The van der Waals surface area contributed by atoms with Crippen molar-refractivity contribution in [3.05, 3.63) is 99.5 Å². The van der Waals surface area contributed by atoms with Crippen molar-refractivity contribution in [2.24, 2.45) is 0 Å². The van der Waals surface area contributed by atoms with E-state index in [0.29, 0.717) is 18.5 Å². The minimum Gasteiger partial charge on any atom is -0.354 e. The topological polar surface area (TPSA) is 58.2 Å². The molecule has 35 heavy (non-hydrogen) atoms. The van der Waals surface area contributed by atoms with E-state index < -0.39 is 6.04 Å². The first kappa shape index (κ1) is 23.9. The standard InChI is InChI=1S/C29H27BrN2O2S/c30-22-14-11-19(12-15-22)23-8-5-6-20-18-21(28(33)32-25-9-3-4-17-31-29(25)34)13-16-26(20)35-27-10-2-1-7-24(23)27/h1-2,7-8,10-16,18,25H,3-6,9,17H2,(H,31,34)(H,32,33)/b23-8+. The molecule has 1 unspecified atom stereocenters. The molecule has 0 radical (unpaired) electrons. The third kappa shape index (κ3) is 5.54. The molecule has 178 valence electrons. The minimum atomic E-state index is -0.465. The highest BCUT2D eigenvalue weighted by Gasteiger charge is 2.23. The number of rotatable bonds is 3. The van der Waals surface area contributed by atoms with Crippen molar-refractivity contribution in [1.29, 1.82) is 0 Å². The van der Waals surface area contributed by atoms with E-state index in [-0.39, 0.29) is 11.8 Å². The lowest BCUT2D eigenvalue weighted by atomic mass is 9.95. The molecule has 2 aliphatic rings. The van der Waals surface area contributed by atoms with Crippen molar-refractivity contribution in [3.63, 3.8) is 0 Å². The number of hydrogen-bond donors (Lipinski definition) is 2. The second-order valence-electron chi connectivity index (χ2n) is 8.90. The summed E-state index contributed by atoms with van der Waals surface area (Å²) in [5.74, 6) is -0.275. The Morgan fingerprint density at radius 1 is 1.00 bits per heavy atom. The van der Waals surface area contributed by atoms with Gasteiger partial charge in [0.15, 0.2) is 0 Å². The summed E-state index contributed by atoms with van der Waals surface area (Å²) in [5, 5.41) is 5.83. The van der Waals surface area contributed by atoms with E-state index in [2.05, 4.69) is 81.2 Å². The van der Waals surface area contributed by atoms with Crippen LogP contribution in [0.1, 0.15) is 52.7 Å². The largest absolute Gasteiger partial charge is 0.354 e. The van der Waals surface area contributed by atoms with Crippen LogP contribution in [0.15, 0.2) is 87.1 Å². The lowest BCUT2D eigenvalue weighted by molar-refractivity contribution is -0.122. The first-order valence-corrected chi connectivity index (χ1v) is 13.6. The van der Waals surface area contributed by atoms with Gasteiger partial charge in [0.1, 0.15) is 6.04 Å². The van der Waals surface area contributed by atoms with Crippen LogP contribution in [0.2, 0.25) is 0 Å². The highest BCUT2D eigenvalue weighted by Crippen LogP contribution is 2.40. The number of carbonyl (C=O) groups excluding carboxylic acids is 2. The van der Waals surface area contributed by atoms with Gasteiger partial charge in [-0.25, -0.2) is 0 Å². The summed E-state index contributed by atoms with van der Waals surface area (Å²) in [7, 11) is 0. The molecule has 3 aromatic rings. The van der Waals surface area contributed by atoms with Crippen LogP contribution in [0, 0.1) is 0 Å². The summed E-state index contributed by atoms with van der Waals surface area (Å²) in [4.78, 5) is 27.7. The summed E-state index contributed by atoms with van der Waals surface area (Å²) >= 11 is 5.28. The number of hydrogen-bond acceptors (Lipinski definition) is 3. The molecule has 6 heteroatoms. The van der Waals surface area contributed by atoms with E-state index in [4.69, 9.17) is 0 Å². The Balaban J connectivity index is 1.44. The predicted octanol–water partition coefficient (Wildman–Crippen LogP) is 6.38. The average Bonchev–Trinajstić information content (AvgIpc) is 3.02. The molecular weight excluding hydrogens is 520 g/mol. The molecule has 2 amide bonds. The van der Waals surface area contributed by atoms with Crippen LogP contribution in [-0.4, -0.2) is 24.4 Å². The van der Waals surface area contributed by atoms with Gasteiger partial charge in [0.25, 0.3) is 5.91 Å². The molecule has 1 atom stereocenters. The molecule has 1 saturated heterocycles. The maximum atomic E-state index is 13.0. The molecule has 5 rings (SSSR count). The second-order valence-corrected chi connectivity index (χ2v) is 10.9. The SMILES string of the molecule is O=C(NC1CCCCNC1=O)c1ccc2c(c1)CC/C=C(\c1ccc(Br)cc1)c1ccccc1S2. The molecule has 4 nitrogen and oxygen atoms in total. The first-order valence-electron chi connectivity index (χ1n) is 12.0. The van der Waals surface area contributed by atoms with Crippen molar-refractivity contribution in [1.82, 2.24) is 10.6 Å². The molecule has 2 aliphatic heterocycles. The predicted molar refractivity (Wildman–Crippen MR) is 145 cm³/mol. The van der Waals surface area contributed by atoms with Gasteiger partial charge < -0.3 is 10.6 Å². The molecule has 0 spiro atoms. The summed E-state index contributed by atoms with van der Waals surface area (Å²) in [6.45, 7) is 0.679. The Labute approximate surface area is 218 Å². The van der Waals surface area contributed by atoms with Crippen molar-refractivity contribution in [2.45, 2.75) is 47.9 Å². The smallest absolute Gasteiger partial charge is 0.251 e. The summed E-state index contributed by atoms with van der Waals surface area (Å²) in [6, 6.07) is 22.4. The van der Waals surface area contributed by atoms with Gasteiger partial charge in [0.05, 0.1) is 0 Å². The van der Waals surface area contributed by atoms with Gasteiger partial charge in [-0.1, -0.05) is 64.1 Å². The fourth-order valence-corrected chi connectivity index (χ4v) is 5.98. The highest BCUT2D eigenvalue weighted by molar-refractivity contribution is 9.10. The monoisotopic (exact) mass is 546 g/mol. The number of carbonyl (C=O) groups is 2. The van der Waals surface area contributed by atoms with Crippen LogP contribution in [-0.2, 0) is 11.2 Å².